The van der Waals surface area contributed by atoms with Crippen molar-refractivity contribution >= 4 is 11.6 Å². The smallest absolute Gasteiger partial charge is 0.238 e. The number of hydrogen-bond acceptors (Lipinski definition) is 3. The molecule has 3 rings (SSSR count). The number of hydrogen-bond donors (Lipinski definition) is 1. The highest BCUT2D eigenvalue weighted by Crippen LogP contribution is 2.21. The van der Waals surface area contributed by atoms with Crippen LogP contribution in [-0.2, 0) is 4.79 Å². The quantitative estimate of drug-likeness (QED) is 0.928. The summed E-state index contributed by atoms with van der Waals surface area (Å²) in [5, 5.41) is 3.07. The fourth-order valence-electron chi connectivity index (χ4n) is 3.83. The number of carbonyl (C=O) groups is 1. The zero-order chi connectivity index (χ0) is 16.2. The van der Waals surface area contributed by atoms with Gasteiger partial charge in [0.15, 0.2) is 0 Å². The third-order valence-corrected chi connectivity index (χ3v) is 5.46. The summed E-state index contributed by atoms with van der Waals surface area (Å²) in [7, 11) is 0. The molecular weight excluding hydrogens is 286 g/mol. The van der Waals surface area contributed by atoms with Crippen LogP contribution in [0.4, 0.5) is 5.69 Å². The van der Waals surface area contributed by atoms with Gasteiger partial charge in [0.25, 0.3) is 0 Å². The first-order valence-corrected chi connectivity index (χ1v) is 8.96. The molecule has 0 spiro atoms. The van der Waals surface area contributed by atoms with Gasteiger partial charge in [-0.1, -0.05) is 12.1 Å². The van der Waals surface area contributed by atoms with E-state index >= 15 is 0 Å². The zero-order valence-electron chi connectivity index (χ0n) is 14.5. The van der Waals surface area contributed by atoms with E-state index in [0.717, 1.165) is 30.4 Å². The molecule has 0 unspecified atom stereocenters. The van der Waals surface area contributed by atoms with Crippen LogP contribution in [0.1, 0.15) is 36.8 Å². The molecule has 0 saturated carbocycles. The van der Waals surface area contributed by atoms with E-state index in [-0.39, 0.29) is 5.91 Å². The Morgan fingerprint density at radius 3 is 2.52 bits per heavy atom. The van der Waals surface area contributed by atoms with Gasteiger partial charge in [0.1, 0.15) is 0 Å². The van der Waals surface area contributed by atoms with E-state index in [1.807, 2.05) is 12.1 Å². The standard InChI is InChI=1S/C19H29N3O/c1-15-6-5-7-18(16(15)2)20-19(23)14-21-12-8-17(9-13-21)22-10-3-4-11-22/h5-7,17H,3-4,8-14H2,1-2H3,(H,20,23). The number of anilines is 1. The van der Waals surface area contributed by atoms with Crippen molar-refractivity contribution in [2.45, 2.75) is 45.6 Å². The number of nitrogens with zero attached hydrogens (tertiary/aromatic N) is 2. The van der Waals surface area contributed by atoms with E-state index in [1.54, 1.807) is 0 Å². The Morgan fingerprint density at radius 1 is 1.13 bits per heavy atom. The maximum atomic E-state index is 12.3. The van der Waals surface area contributed by atoms with Gasteiger partial charge in [0.2, 0.25) is 5.91 Å². The van der Waals surface area contributed by atoms with Crippen molar-refractivity contribution in [2.75, 3.05) is 38.0 Å². The zero-order valence-corrected chi connectivity index (χ0v) is 14.5. The lowest BCUT2D eigenvalue weighted by Gasteiger charge is -2.36. The summed E-state index contributed by atoms with van der Waals surface area (Å²) < 4.78 is 0. The monoisotopic (exact) mass is 315 g/mol. The van der Waals surface area contributed by atoms with Crippen molar-refractivity contribution in [3.63, 3.8) is 0 Å². The van der Waals surface area contributed by atoms with Crippen LogP contribution in [0.25, 0.3) is 0 Å². The maximum absolute atomic E-state index is 12.3. The molecule has 2 aliphatic rings. The fourth-order valence-corrected chi connectivity index (χ4v) is 3.83. The minimum atomic E-state index is 0.110. The molecule has 2 saturated heterocycles. The molecule has 0 bridgehead atoms. The van der Waals surface area contributed by atoms with Gasteiger partial charge in [-0.05, 0) is 69.8 Å². The Balaban J connectivity index is 1.46. The normalized spacial score (nSPS) is 20.8. The van der Waals surface area contributed by atoms with E-state index in [0.29, 0.717) is 6.54 Å². The second kappa shape index (κ2) is 7.45. The minimum absolute atomic E-state index is 0.110. The van der Waals surface area contributed by atoms with Gasteiger partial charge in [-0.2, -0.15) is 0 Å². The van der Waals surface area contributed by atoms with Crippen molar-refractivity contribution in [3.05, 3.63) is 29.3 Å². The van der Waals surface area contributed by atoms with Crippen LogP contribution in [0.5, 0.6) is 0 Å². The van der Waals surface area contributed by atoms with Crippen LogP contribution in [0, 0.1) is 13.8 Å². The SMILES string of the molecule is Cc1cccc(NC(=O)CN2CCC(N3CCCC3)CC2)c1C. The number of amides is 1. The van der Waals surface area contributed by atoms with Gasteiger partial charge in [-0.25, -0.2) is 0 Å². The van der Waals surface area contributed by atoms with Crippen LogP contribution in [0.2, 0.25) is 0 Å². The summed E-state index contributed by atoms with van der Waals surface area (Å²) in [6.45, 7) is 9.29. The minimum Gasteiger partial charge on any atom is -0.325 e. The van der Waals surface area contributed by atoms with Gasteiger partial charge in [-0.3, -0.25) is 9.69 Å². The first kappa shape index (κ1) is 16.5. The number of likely N-dealkylation sites (tertiary alicyclic amines) is 2. The second-order valence-corrected chi connectivity index (χ2v) is 7.05. The highest BCUT2D eigenvalue weighted by molar-refractivity contribution is 5.93. The molecule has 4 nitrogen and oxygen atoms in total. The number of aryl methyl sites for hydroxylation is 1. The summed E-state index contributed by atoms with van der Waals surface area (Å²) >= 11 is 0. The van der Waals surface area contributed by atoms with Crippen molar-refractivity contribution < 1.29 is 4.79 Å². The summed E-state index contributed by atoms with van der Waals surface area (Å²) in [6.07, 6.45) is 5.13. The molecular formula is C19H29N3O. The molecule has 1 aromatic rings. The molecule has 1 N–H and O–H groups in total. The molecule has 2 aliphatic heterocycles. The molecule has 1 aromatic carbocycles. The van der Waals surface area contributed by atoms with Gasteiger partial charge >= 0.3 is 0 Å². The molecule has 0 aliphatic carbocycles. The van der Waals surface area contributed by atoms with Crippen LogP contribution < -0.4 is 5.32 Å². The van der Waals surface area contributed by atoms with Crippen LogP contribution in [0.15, 0.2) is 18.2 Å². The van der Waals surface area contributed by atoms with Gasteiger partial charge < -0.3 is 10.2 Å². The average Bonchev–Trinajstić information content (AvgIpc) is 3.07. The van der Waals surface area contributed by atoms with E-state index in [9.17, 15) is 4.79 Å². The number of rotatable bonds is 4. The Morgan fingerprint density at radius 2 is 1.83 bits per heavy atom. The lowest BCUT2D eigenvalue weighted by atomic mass is 10.0. The first-order valence-electron chi connectivity index (χ1n) is 8.96. The van der Waals surface area contributed by atoms with Crippen molar-refractivity contribution in [2.24, 2.45) is 0 Å². The molecule has 0 radical (unpaired) electrons. The number of carbonyl (C=O) groups excluding carboxylic acids is 1. The number of benzene rings is 1. The lowest BCUT2D eigenvalue weighted by molar-refractivity contribution is -0.117. The summed E-state index contributed by atoms with van der Waals surface area (Å²) in [5.41, 5.74) is 3.32. The topological polar surface area (TPSA) is 35.6 Å². The fraction of sp³-hybridized carbons (Fsp3) is 0.632. The average molecular weight is 315 g/mol. The highest BCUT2D eigenvalue weighted by atomic mass is 16.2. The van der Waals surface area contributed by atoms with E-state index in [2.05, 4.69) is 35.0 Å². The van der Waals surface area contributed by atoms with Gasteiger partial charge in [0, 0.05) is 24.8 Å². The Kier molecular flexibility index (Phi) is 5.34. The molecule has 23 heavy (non-hydrogen) atoms. The third-order valence-electron chi connectivity index (χ3n) is 5.46. The predicted octanol–water partition coefficient (Wildman–Crippen LogP) is 2.80. The van der Waals surface area contributed by atoms with Crippen molar-refractivity contribution in [3.8, 4) is 0 Å². The van der Waals surface area contributed by atoms with Crippen LogP contribution >= 0.6 is 0 Å². The summed E-state index contributed by atoms with van der Waals surface area (Å²) in [4.78, 5) is 17.3. The van der Waals surface area contributed by atoms with Gasteiger partial charge in [0.05, 0.1) is 6.54 Å². The van der Waals surface area contributed by atoms with Crippen LogP contribution in [0.3, 0.4) is 0 Å². The molecule has 4 heteroatoms. The first-order chi connectivity index (χ1) is 11.1. The number of nitrogens with one attached hydrogen (secondary N) is 1. The van der Waals surface area contributed by atoms with E-state index < -0.39 is 0 Å². The molecule has 0 aromatic heterocycles. The van der Waals surface area contributed by atoms with Crippen molar-refractivity contribution in [1.82, 2.24) is 9.80 Å². The molecule has 2 heterocycles. The molecule has 2 fully saturated rings. The lowest BCUT2D eigenvalue weighted by Crippen LogP contribution is -2.45. The molecule has 1 amide bonds. The van der Waals surface area contributed by atoms with Gasteiger partial charge in [-0.15, -0.1) is 0 Å². The number of piperidine rings is 1. The predicted molar refractivity (Wildman–Crippen MR) is 94.8 cm³/mol. The van der Waals surface area contributed by atoms with Crippen molar-refractivity contribution in [1.29, 1.82) is 0 Å². The molecule has 126 valence electrons. The Hall–Kier alpha value is -1.39. The third kappa shape index (κ3) is 4.12. The van der Waals surface area contributed by atoms with E-state index in [4.69, 9.17) is 0 Å². The highest BCUT2D eigenvalue weighted by Gasteiger charge is 2.27. The molecule has 0 atom stereocenters. The van der Waals surface area contributed by atoms with Crippen LogP contribution in [-0.4, -0.2) is 54.5 Å². The Labute approximate surface area is 139 Å². The maximum Gasteiger partial charge on any atom is 0.238 e. The second-order valence-electron chi connectivity index (χ2n) is 7.05. The largest absolute Gasteiger partial charge is 0.325 e. The Bertz CT molecular complexity index is 544. The van der Waals surface area contributed by atoms with E-state index in [1.165, 1.54) is 44.3 Å². The summed E-state index contributed by atoms with van der Waals surface area (Å²) in [6, 6.07) is 6.81. The summed E-state index contributed by atoms with van der Waals surface area (Å²) in [5.74, 6) is 0.110.